The lowest BCUT2D eigenvalue weighted by atomic mass is 9.86. The summed E-state index contributed by atoms with van der Waals surface area (Å²) in [5.41, 5.74) is 4.19. The van der Waals surface area contributed by atoms with Crippen molar-refractivity contribution in [3.63, 3.8) is 0 Å². The van der Waals surface area contributed by atoms with E-state index in [1.165, 1.54) is 6.92 Å². The topological polar surface area (TPSA) is 83.6 Å². The number of aliphatic carboxylic acids is 1. The van der Waals surface area contributed by atoms with Gasteiger partial charge in [0.1, 0.15) is 13.1 Å². The minimum absolute atomic E-state index is 0.143. The Kier molecular flexibility index (Phi) is 5.59. The molecule has 0 aliphatic rings. The van der Waals surface area contributed by atoms with Gasteiger partial charge in [-0.1, -0.05) is 6.92 Å². The van der Waals surface area contributed by atoms with Gasteiger partial charge in [-0.15, -0.1) is 0 Å². The molecule has 1 amide bonds. The zero-order chi connectivity index (χ0) is 14.6. The van der Waals surface area contributed by atoms with Crippen LogP contribution < -0.4 is 5.73 Å². The number of carbonyl (C=O) groups is 2. The second-order valence-corrected chi connectivity index (χ2v) is 4.29. The molecule has 18 heavy (non-hydrogen) atoms. The van der Waals surface area contributed by atoms with Crippen LogP contribution in [0.5, 0.6) is 0 Å². The number of hydrogen-bond donors (Lipinski definition) is 2. The lowest BCUT2D eigenvalue weighted by Gasteiger charge is -2.32. The Morgan fingerprint density at radius 3 is 2.11 bits per heavy atom. The molecule has 106 valence electrons. The third-order valence-electron chi connectivity index (χ3n) is 2.73. The van der Waals surface area contributed by atoms with E-state index in [1.54, 1.807) is 6.92 Å². The fraction of sp³-hybridized carbons (Fsp3) is 0.800. The van der Waals surface area contributed by atoms with Crippen LogP contribution in [0.3, 0.4) is 0 Å². The van der Waals surface area contributed by atoms with Crippen molar-refractivity contribution in [2.45, 2.75) is 26.4 Å². The van der Waals surface area contributed by atoms with Crippen LogP contribution in [0.4, 0.5) is 13.2 Å². The molecule has 0 aliphatic heterocycles. The molecule has 0 bridgehead atoms. The molecule has 0 heterocycles. The number of carboxylic acids is 1. The van der Waals surface area contributed by atoms with Crippen molar-refractivity contribution in [2.24, 2.45) is 11.1 Å². The van der Waals surface area contributed by atoms with Crippen LogP contribution in [0.1, 0.15) is 20.3 Å². The first-order valence-corrected chi connectivity index (χ1v) is 5.33. The van der Waals surface area contributed by atoms with Gasteiger partial charge in [-0.3, -0.25) is 9.59 Å². The summed E-state index contributed by atoms with van der Waals surface area (Å²) in [6.45, 7) is 0.301. The van der Waals surface area contributed by atoms with Crippen molar-refractivity contribution in [3.05, 3.63) is 0 Å². The molecule has 1 atom stereocenters. The molecule has 0 saturated carbocycles. The SMILES string of the molecule is CCC(C)(CN)C(=O)N(CC(=O)O)CC(F)(F)F. The van der Waals surface area contributed by atoms with Crippen LogP contribution >= 0.6 is 0 Å². The van der Waals surface area contributed by atoms with E-state index < -0.39 is 36.6 Å². The summed E-state index contributed by atoms with van der Waals surface area (Å²) in [6, 6.07) is 0. The first-order chi connectivity index (χ1) is 8.05. The second-order valence-electron chi connectivity index (χ2n) is 4.29. The largest absolute Gasteiger partial charge is 0.480 e. The van der Waals surface area contributed by atoms with Crippen LogP contribution in [0.2, 0.25) is 0 Å². The number of nitrogens with zero attached hydrogens (tertiary/aromatic N) is 1. The molecule has 0 saturated heterocycles. The fourth-order valence-corrected chi connectivity index (χ4v) is 1.34. The third kappa shape index (κ3) is 4.91. The molecule has 0 rings (SSSR count). The molecule has 3 N–H and O–H groups in total. The second kappa shape index (κ2) is 6.03. The number of alkyl halides is 3. The van der Waals surface area contributed by atoms with Gasteiger partial charge in [0.25, 0.3) is 0 Å². The van der Waals surface area contributed by atoms with Crippen LogP contribution in [0.15, 0.2) is 0 Å². The lowest BCUT2D eigenvalue weighted by Crippen LogP contribution is -2.50. The average Bonchev–Trinajstić information content (AvgIpc) is 2.23. The van der Waals surface area contributed by atoms with E-state index in [2.05, 4.69) is 0 Å². The Balaban J connectivity index is 5.07. The Morgan fingerprint density at radius 2 is 1.83 bits per heavy atom. The summed E-state index contributed by atoms with van der Waals surface area (Å²) in [7, 11) is 0. The molecular formula is C10H17F3N2O3. The standard InChI is InChI=1S/C10H17F3N2O3/c1-3-9(2,5-14)8(18)15(4-7(16)17)6-10(11,12)13/h3-6,14H2,1-2H3,(H,16,17). The summed E-state index contributed by atoms with van der Waals surface area (Å²) in [5, 5.41) is 8.55. The number of rotatable bonds is 6. The van der Waals surface area contributed by atoms with Gasteiger partial charge in [0.2, 0.25) is 5.91 Å². The van der Waals surface area contributed by atoms with E-state index in [9.17, 15) is 22.8 Å². The van der Waals surface area contributed by atoms with Crippen LogP contribution in [-0.4, -0.2) is 47.7 Å². The van der Waals surface area contributed by atoms with Gasteiger partial charge >= 0.3 is 12.1 Å². The first-order valence-electron chi connectivity index (χ1n) is 5.33. The maximum absolute atomic E-state index is 12.3. The minimum Gasteiger partial charge on any atom is -0.480 e. The zero-order valence-electron chi connectivity index (χ0n) is 10.3. The average molecular weight is 270 g/mol. The molecule has 0 aliphatic carbocycles. The number of carboxylic acid groups (broad SMARTS) is 1. The monoisotopic (exact) mass is 270 g/mol. The van der Waals surface area contributed by atoms with Crippen LogP contribution in [0.25, 0.3) is 0 Å². The summed E-state index contributed by atoms with van der Waals surface area (Å²) in [4.78, 5) is 22.7. The minimum atomic E-state index is -4.64. The Bertz CT molecular complexity index is 314. The van der Waals surface area contributed by atoms with Gasteiger partial charge in [-0.25, -0.2) is 0 Å². The van der Waals surface area contributed by atoms with E-state index in [0.717, 1.165) is 0 Å². The Hall–Kier alpha value is -1.31. The van der Waals surface area contributed by atoms with Gasteiger partial charge in [0, 0.05) is 6.54 Å². The van der Waals surface area contributed by atoms with E-state index in [0.29, 0.717) is 0 Å². The highest BCUT2D eigenvalue weighted by Gasteiger charge is 2.40. The lowest BCUT2D eigenvalue weighted by molar-refractivity contribution is -0.170. The molecule has 5 nitrogen and oxygen atoms in total. The van der Waals surface area contributed by atoms with Gasteiger partial charge in [0.15, 0.2) is 0 Å². The normalized spacial score (nSPS) is 15.0. The van der Waals surface area contributed by atoms with Crippen LogP contribution in [-0.2, 0) is 9.59 Å². The highest BCUT2D eigenvalue weighted by atomic mass is 19.4. The van der Waals surface area contributed by atoms with Crippen molar-refractivity contribution in [3.8, 4) is 0 Å². The highest BCUT2D eigenvalue weighted by molar-refractivity contribution is 5.86. The third-order valence-corrected chi connectivity index (χ3v) is 2.73. The van der Waals surface area contributed by atoms with Crippen molar-refractivity contribution in [1.29, 1.82) is 0 Å². The number of hydrogen-bond acceptors (Lipinski definition) is 3. The quantitative estimate of drug-likeness (QED) is 0.749. The predicted molar refractivity (Wildman–Crippen MR) is 57.7 cm³/mol. The van der Waals surface area contributed by atoms with Gasteiger partial charge in [-0.2, -0.15) is 13.2 Å². The smallest absolute Gasteiger partial charge is 0.406 e. The summed E-state index contributed by atoms with van der Waals surface area (Å²) >= 11 is 0. The van der Waals surface area contributed by atoms with Crippen molar-refractivity contribution in [1.82, 2.24) is 4.90 Å². The molecule has 0 aromatic heterocycles. The van der Waals surface area contributed by atoms with Gasteiger partial charge < -0.3 is 15.7 Å². The van der Waals surface area contributed by atoms with E-state index in [1.807, 2.05) is 0 Å². The van der Waals surface area contributed by atoms with E-state index in [-0.39, 0.29) is 17.9 Å². The van der Waals surface area contributed by atoms with Crippen molar-refractivity contribution in [2.75, 3.05) is 19.6 Å². The van der Waals surface area contributed by atoms with E-state index >= 15 is 0 Å². The number of nitrogens with two attached hydrogens (primary N) is 1. The van der Waals surface area contributed by atoms with Crippen molar-refractivity contribution < 1.29 is 27.9 Å². The predicted octanol–water partition coefficient (Wildman–Crippen LogP) is 0.837. The van der Waals surface area contributed by atoms with E-state index in [4.69, 9.17) is 10.8 Å². The van der Waals surface area contributed by atoms with Gasteiger partial charge in [-0.05, 0) is 13.3 Å². The molecule has 0 aromatic rings. The molecule has 0 spiro atoms. The molecule has 0 aromatic carbocycles. The Morgan fingerprint density at radius 1 is 1.33 bits per heavy atom. The molecule has 8 heteroatoms. The first kappa shape index (κ1) is 16.7. The molecular weight excluding hydrogens is 253 g/mol. The maximum atomic E-state index is 12.3. The van der Waals surface area contributed by atoms with Crippen molar-refractivity contribution >= 4 is 11.9 Å². The summed E-state index contributed by atoms with van der Waals surface area (Å²) in [6.07, 6.45) is -4.41. The molecule has 1 unspecified atom stereocenters. The highest BCUT2D eigenvalue weighted by Crippen LogP contribution is 2.25. The number of amides is 1. The van der Waals surface area contributed by atoms with Crippen LogP contribution in [0, 0.1) is 5.41 Å². The Labute approximate surface area is 103 Å². The molecule has 0 fully saturated rings. The number of halogens is 3. The summed E-state index contributed by atoms with van der Waals surface area (Å²) in [5.74, 6) is -2.39. The number of carbonyl (C=O) groups excluding carboxylic acids is 1. The maximum Gasteiger partial charge on any atom is 0.406 e. The fourth-order valence-electron chi connectivity index (χ4n) is 1.34. The van der Waals surface area contributed by atoms with Gasteiger partial charge in [0.05, 0.1) is 5.41 Å². The molecule has 0 radical (unpaired) electrons. The zero-order valence-corrected chi connectivity index (χ0v) is 10.3. The summed E-state index contributed by atoms with van der Waals surface area (Å²) < 4.78 is 36.9.